The monoisotopic (exact) mass is 400 g/mol. The summed E-state index contributed by atoms with van der Waals surface area (Å²) < 4.78 is 28.5. The van der Waals surface area contributed by atoms with E-state index in [4.69, 9.17) is 0 Å². The number of nitrogens with zero attached hydrogens (tertiary/aromatic N) is 1. The normalized spacial score (nSPS) is 13.7. The lowest BCUT2D eigenvalue weighted by molar-refractivity contribution is -0.118. The SMILES string of the molecule is Cc1c(C)c(C)c(S(=O)(=O)NCCC(=O)N2CCc3ccccc32)c(C)c1C. The van der Waals surface area contributed by atoms with Crippen LogP contribution >= 0.6 is 0 Å². The average Bonchev–Trinajstić information content (AvgIpc) is 3.08. The fourth-order valence-corrected chi connectivity index (χ4v) is 5.59. The first kappa shape index (κ1) is 20.6. The Labute approximate surface area is 167 Å². The van der Waals surface area contributed by atoms with Gasteiger partial charge in [-0.15, -0.1) is 0 Å². The molecular formula is C22H28N2O3S. The van der Waals surface area contributed by atoms with Gasteiger partial charge in [-0.25, -0.2) is 13.1 Å². The van der Waals surface area contributed by atoms with E-state index in [2.05, 4.69) is 4.72 Å². The average molecular weight is 401 g/mol. The largest absolute Gasteiger partial charge is 0.312 e. The second kappa shape index (κ2) is 7.68. The van der Waals surface area contributed by atoms with Crippen LogP contribution in [0, 0.1) is 34.6 Å². The lowest BCUT2D eigenvalue weighted by Crippen LogP contribution is -2.34. The van der Waals surface area contributed by atoms with Crippen LogP contribution in [0.5, 0.6) is 0 Å². The van der Waals surface area contributed by atoms with Crippen molar-refractivity contribution in [1.29, 1.82) is 0 Å². The van der Waals surface area contributed by atoms with Crippen molar-refractivity contribution in [2.24, 2.45) is 0 Å². The lowest BCUT2D eigenvalue weighted by Gasteiger charge is -2.20. The van der Waals surface area contributed by atoms with Gasteiger partial charge >= 0.3 is 0 Å². The van der Waals surface area contributed by atoms with Crippen LogP contribution < -0.4 is 9.62 Å². The lowest BCUT2D eigenvalue weighted by atomic mass is 9.95. The summed E-state index contributed by atoms with van der Waals surface area (Å²) in [5.41, 5.74) is 6.75. The Hall–Kier alpha value is -2.18. The summed E-state index contributed by atoms with van der Waals surface area (Å²) in [6, 6.07) is 7.85. The Balaban J connectivity index is 1.73. The van der Waals surface area contributed by atoms with Crippen LogP contribution in [-0.2, 0) is 21.2 Å². The number of fused-ring (bicyclic) bond motifs is 1. The number of rotatable bonds is 5. The van der Waals surface area contributed by atoms with Gasteiger partial charge in [0, 0.05) is 25.2 Å². The van der Waals surface area contributed by atoms with E-state index in [1.54, 1.807) is 4.90 Å². The minimum Gasteiger partial charge on any atom is -0.312 e. The zero-order valence-corrected chi connectivity index (χ0v) is 18.0. The van der Waals surface area contributed by atoms with Gasteiger partial charge in [0.05, 0.1) is 4.90 Å². The minimum atomic E-state index is -3.68. The van der Waals surface area contributed by atoms with Crippen molar-refractivity contribution < 1.29 is 13.2 Å². The molecular weight excluding hydrogens is 372 g/mol. The fraction of sp³-hybridized carbons (Fsp3) is 0.409. The van der Waals surface area contributed by atoms with Crippen LogP contribution in [0.4, 0.5) is 5.69 Å². The van der Waals surface area contributed by atoms with Crippen LogP contribution in [0.15, 0.2) is 29.2 Å². The Kier molecular flexibility index (Phi) is 5.64. The Morgan fingerprint density at radius 1 is 0.964 bits per heavy atom. The second-order valence-electron chi connectivity index (χ2n) is 7.53. The zero-order valence-electron chi connectivity index (χ0n) is 17.2. The molecule has 2 aromatic rings. The van der Waals surface area contributed by atoms with Gasteiger partial charge < -0.3 is 4.90 Å². The summed E-state index contributed by atoms with van der Waals surface area (Å²) in [5, 5.41) is 0. The highest BCUT2D eigenvalue weighted by Crippen LogP contribution is 2.30. The Morgan fingerprint density at radius 3 is 2.18 bits per heavy atom. The highest BCUT2D eigenvalue weighted by molar-refractivity contribution is 7.89. The van der Waals surface area contributed by atoms with Gasteiger partial charge in [-0.05, 0) is 80.5 Å². The maximum absolute atomic E-state index is 13.0. The van der Waals surface area contributed by atoms with Crippen molar-refractivity contribution >= 4 is 21.6 Å². The van der Waals surface area contributed by atoms with Gasteiger partial charge in [-0.3, -0.25) is 4.79 Å². The molecule has 0 bridgehead atoms. The third-order valence-corrected chi connectivity index (χ3v) is 7.75. The second-order valence-corrected chi connectivity index (χ2v) is 9.23. The molecule has 1 amide bonds. The summed E-state index contributed by atoms with van der Waals surface area (Å²) in [4.78, 5) is 14.7. The summed E-state index contributed by atoms with van der Waals surface area (Å²) >= 11 is 0. The standard InChI is InChI=1S/C22H28N2O3S/c1-14-15(2)17(4)22(18(5)16(14)3)28(26,27)23-12-10-21(25)24-13-11-19-8-6-7-9-20(19)24/h6-9,23H,10-13H2,1-5H3. The molecule has 28 heavy (non-hydrogen) atoms. The highest BCUT2D eigenvalue weighted by Gasteiger charge is 2.26. The van der Waals surface area contributed by atoms with Crippen LogP contribution in [0.3, 0.4) is 0 Å². The van der Waals surface area contributed by atoms with E-state index in [1.165, 1.54) is 0 Å². The van der Waals surface area contributed by atoms with Crippen LogP contribution in [0.25, 0.3) is 0 Å². The molecule has 6 heteroatoms. The highest BCUT2D eigenvalue weighted by atomic mass is 32.2. The van der Waals surface area contributed by atoms with Gasteiger partial charge in [0.2, 0.25) is 15.9 Å². The van der Waals surface area contributed by atoms with Crippen molar-refractivity contribution in [2.45, 2.75) is 52.4 Å². The van der Waals surface area contributed by atoms with Gasteiger partial charge in [-0.1, -0.05) is 18.2 Å². The first-order valence-electron chi connectivity index (χ1n) is 9.60. The number of benzene rings is 2. The van der Waals surface area contributed by atoms with E-state index < -0.39 is 10.0 Å². The minimum absolute atomic E-state index is 0.0580. The topological polar surface area (TPSA) is 66.5 Å². The maximum Gasteiger partial charge on any atom is 0.241 e. The molecule has 0 fully saturated rings. The van der Waals surface area contributed by atoms with Crippen molar-refractivity contribution in [2.75, 3.05) is 18.0 Å². The summed E-state index contributed by atoms with van der Waals surface area (Å²) in [7, 11) is -3.68. The van der Waals surface area contributed by atoms with Crippen molar-refractivity contribution in [3.8, 4) is 0 Å². The van der Waals surface area contributed by atoms with E-state index in [0.29, 0.717) is 11.4 Å². The number of carbonyl (C=O) groups excluding carboxylic acids is 1. The quantitative estimate of drug-likeness (QED) is 0.835. The number of hydrogen-bond acceptors (Lipinski definition) is 3. The molecule has 0 aliphatic carbocycles. The number of carbonyl (C=O) groups is 1. The van der Waals surface area contributed by atoms with E-state index in [0.717, 1.165) is 45.5 Å². The molecule has 1 N–H and O–H groups in total. The molecule has 0 aromatic heterocycles. The van der Waals surface area contributed by atoms with Crippen LogP contribution in [0.1, 0.15) is 39.8 Å². The predicted molar refractivity (Wildman–Crippen MR) is 112 cm³/mol. The smallest absolute Gasteiger partial charge is 0.241 e. The number of amides is 1. The molecule has 0 radical (unpaired) electrons. The molecule has 0 unspecified atom stereocenters. The number of anilines is 1. The summed E-state index contributed by atoms with van der Waals surface area (Å²) in [6.07, 6.45) is 0.976. The summed E-state index contributed by atoms with van der Waals surface area (Å²) in [6.45, 7) is 10.3. The van der Waals surface area contributed by atoms with Crippen molar-refractivity contribution in [3.05, 3.63) is 57.6 Å². The molecule has 0 saturated heterocycles. The van der Waals surface area contributed by atoms with E-state index >= 15 is 0 Å². The van der Waals surface area contributed by atoms with Crippen LogP contribution in [-0.4, -0.2) is 27.4 Å². The van der Waals surface area contributed by atoms with Crippen LogP contribution in [0.2, 0.25) is 0 Å². The molecule has 0 saturated carbocycles. The molecule has 150 valence electrons. The number of sulfonamides is 1. The Morgan fingerprint density at radius 2 is 1.54 bits per heavy atom. The van der Waals surface area contributed by atoms with Gasteiger partial charge in [0.1, 0.15) is 0 Å². The third-order valence-electron chi connectivity index (χ3n) is 6.02. The maximum atomic E-state index is 13.0. The van der Waals surface area contributed by atoms with Crippen molar-refractivity contribution in [1.82, 2.24) is 4.72 Å². The van der Waals surface area contributed by atoms with Gasteiger partial charge in [-0.2, -0.15) is 0 Å². The molecule has 0 spiro atoms. The zero-order chi connectivity index (χ0) is 20.6. The first-order valence-corrected chi connectivity index (χ1v) is 11.1. The molecule has 1 aliphatic rings. The Bertz CT molecular complexity index is 1010. The predicted octanol–water partition coefficient (Wildman–Crippen LogP) is 3.49. The number of hydrogen-bond donors (Lipinski definition) is 1. The number of nitrogens with one attached hydrogen (secondary N) is 1. The van der Waals surface area contributed by atoms with E-state index in [9.17, 15) is 13.2 Å². The molecule has 5 nitrogen and oxygen atoms in total. The molecule has 3 rings (SSSR count). The third kappa shape index (κ3) is 3.59. The van der Waals surface area contributed by atoms with Gasteiger partial charge in [0.15, 0.2) is 0 Å². The molecule has 1 heterocycles. The van der Waals surface area contributed by atoms with E-state index in [1.807, 2.05) is 58.9 Å². The van der Waals surface area contributed by atoms with Crippen molar-refractivity contribution in [3.63, 3.8) is 0 Å². The molecule has 0 atom stereocenters. The molecule has 2 aromatic carbocycles. The van der Waals surface area contributed by atoms with Gasteiger partial charge in [0.25, 0.3) is 0 Å². The van der Waals surface area contributed by atoms with E-state index in [-0.39, 0.29) is 18.9 Å². The number of para-hydroxylation sites is 1. The fourth-order valence-electron chi connectivity index (χ4n) is 3.97. The first-order chi connectivity index (χ1) is 13.1. The molecule has 1 aliphatic heterocycles. The summed E-state index contributed by atoms with van der Waals surface area (Å²) in [5.74, 6) is -0.0580.